The van der Waals surface area contributed by atoms with Gasteiger partial charge in [0.15, 0.2) is 0 Å². The summed E-state index contributed by atoms with van der Waals surface area (Å²) in [6.07, 6.45) is 1.76. The highest BCUT2D eigenvalue weighted by Crippen LogP contribution is 2.42. The molecule has 2 aromatic rings. The van der Waals surface area contributed by atoms with Crippen molar-refractivity contribution in [2.75, 3.05) is 64.6 Å². The maximum atomic E-state index is 13.8. The second-order valence-electron chi connectivity index (χ2n) is 10.8. The number of likely N-dealkylation sites (tertiary alicyclic amines) is 1. The van der Waals surface area contributed by atoms with Crippen molar-refractivity contribution < 1.29 is 37.8 Å². The number of carbonyl (C=O) groups excluding carboxylic acids is 4. The largest absolute Gasteiger partial charge is 0.496 e. The normalized spacial score (nSPS) is 18.9. The monoisotopic (exact) mass is 581 g/mol. The molecular formula is C31H36FN3O7. The summed E-state index contributed by atoms with van der Waals surface area (Å²) in [5.74, 6) is -2.08. The van der Waals surface area contributed by atoms with E-state index in [0.717, 1.165) is 24.8 Å². The molecule has 0 aliphatic carbocycles. The van der Waals surface area contributed by atoms with Gasteiger partial charge in [0.05, 0.1) is 44.1 Å². The van der Waals surface area contributed by atoms with Gasteiger partial charge in [-0.25, -0.2) is 9.18 Å². The van der Waals surface area contributed by atoms with Crippen LogP contribution in [0.2, 0.25) is 0 Å². The molecule has 42 heavy (non-hydrogen) atoms. The highest BCUT2D eigenvalue weighted by Gasteiger charge is 2.42. The van der Waals surface area contributed by atoms with Gasteiger partial charge >= 0.3 is 6.09 Å². The molecule has 11 heteroatoms. The number of anilines is 1. The minimum Gasteiger partial charge on any atom is -0.496 e. The van der Waals surface area contributed by atoms with Crippen molar-refractivity contribution in [3.63, 3.8) is 0 Å². The average molecular weight is 582 g/mol. The molecule has 2 aromatic carbocycles. The van der Waals surface area contributed by atoms with Gasteiger partial charge in [0.2, 0.25) is 5.78 Å². The van der Waals surface area contributed by atoms with E-state index in [4.69, 9.17) is 14.2 Å². The van der Waals surface area contributed by atoms with Gasteiger partial charge < -0.3 is 24.0 Å². The first-order chi connectivity index (χ1) is 20.3. The number of halogens is 1. The van der Waals surface area contributed by atoms with E-state index >= 15 is 0 Å². The summed E-state index contributed by atoms with van der Waals surface area (Å²) in [6, 6.07) is 9.68. The number of morpholine rings is 1. The van der Waals surface area contributed by atoms with Gasteiger partial charge in [-0.2, -0.15) is 0 Å². The van der Waals surface area contributed by atoms with Gasteiger partial charge in [0, 0.05) is 38.8 Å². The lowest BCUT2D eigenvalue weighted by atomic mass is 9.89. The summed E-state index contributed by atoms with van der Waals surface area (Å²) in [6.45, 7) is 4.17. The number of nitrogens with zero attached hydrogens (tertiary/aromatic N) is 3. The number of hydrogen-bond acceptors (Lipinski definition) is 7. The molecule has 0 radical (unpaired) electrons. The SMILES string of the molecule is CCOC(=O)N1CC(C(=O)C(=O)N2CCOCC2)c2cc(C(=O)N3CCC(Cc4ccc(F)cc4)CC3)c(OC)cc21. The smallest absolute Gasteiger partial charge is 0.414 e. The van der Waals surface area contributed by atoms with Crippen LogP contribution < -0.4 is 9.64 Å². The maximum absolute atomic E-state index is 13.8. The molecule has 1 atom stereocenters. The van der Waals surface area contributed by atoms with Crippen LogP contribution in [0.4, 0.5) is 14.9 Å². The number of Topliss-reactive ketones (excluding diaryl/α,β-unsaturated/α-hetero) is 1. The third-order valence-electron chi connectivity index (χ3n) is 8.26. The Bertz CT molecular complexity index is 1330. The van der Waals surface area contributed by atoms with Crippen molar-refractivity contribution in [3.8, 4) is 5.75 Å². The minimum atomic E-state index is -0.946. The van der Waals surface area contributed by atoms with Crippen molar-refractivity contribution in [1.29, 1.82) is 0 Å². The lowest BCUT2D eigenvalue weighted by molar-refractivity contribution is -0.147. The summed E-state index contributed by atoms with van der Waals surface area (Å²) < 4.78 is 29.4. The Kier molecular flexibility index (Phi) is 9.06. The van der Waals surface area contributed by atoms with Crippen LogP contribution in [-0.2, 0) is 25.5 Å². The fraction of sp³-hybridized carbons (Fsp3) is 0.484. The predicted molar refractivity (Wildman–Crippen MR) is 151 cm³/mol. The van der Waals surface area contributed by atoms with Gasteiger partial charge in [-0.15, -0.1) is 0 Å². The second kappa shape index (κ2) is 12.9. The van der Waals surface area contributed by atoms with Gasteiger partial charge in [0.25, 0.3) is 11.8 Å². The van der Waals surface area contributed by atoms with Crippen LogP contribution in [0.1, 0.15) is 47.2 Å². The molecule has 2 fully saturated rings. The van der Waals surface area contributed by atoms with E-state index in [-0.39, 0.29) is 36.2 Å². The summed E-state index contributed by atoms with van der Waals surface area (Å²) in [7, 11) is 1.45. The predicted octanol–water partition coefficient (Wildman–Crippen LogP) is 3.42. The molecule has 0 spiro atoms. The van der Waals surface area contributed by atoms with Crippen LogP contribution in [0.5, 0.6) is 5.75 Å². The third kappa shape index (κ3) is 6.11. The van der Waals surface area contributed by atoms with Crippen LogP contribution in [0.3, 0.4) is 0 Å². The fourth-order valence-corrected chi connectivity index (χ4v) is 5.95. The average Bonchev–Trinajstić information content (AvgIpc) is 3.40. The molecule has 0 aromatic heterocycles. The van der Waals surface area contributed by atoms with Crippen LogP contribution in [0.25, 0.3) is 0 Å². The Balaban J connectivity index is 1.37. The zero-order chi connectivity index (χ0) is 29.8. The fourth-order valence-electron chi connectivity index (χ4n) is 5.95. The van der Waals surface area contributed by atoms with Crippen LogP contribution in [0.15, 0.2) is 36.4 Å². The van der Waals surface area contributed by atoms with Gasteiger partial charge in [-0.1, -0.05) is 12.1 Å². The van der Waals surface area contributed by atoms with Crippen molar-refractivity contribution in [2.45, 2.75) is 32.1 Å². The van der Waals surface area contributed by atoms with E-state index in [2.05, 4.69) is 0 Å². The first-order valence-electron chi connectivity index (χ1n) is 14.4. The van der Waals surface area contributed by atoms with Gasteiger partial charge in [-0.05, 0) is 61.4 Å². The minimum absolute atomic E-state index is 0.0708. The molecule has 3 aliphatic heterocycles. The van der Waals surface area contributed by atoms with E-state index in [1.54, 1.807) is 36.1 Å². The van der Waals surface area contributed by atoms with Gasteiger partial charge in [0.1, 0.15) is 11.6 Å². The number of piperidine rings is 1. The van der Waals surface area contributed by atoms with E-state index in [1.807, 2.05) is 0 Å². The van der Waals surface area contributed by atoms with E-state index < -0.39 is 23.7 Å². The Hall–Kier alpha value is -3.99. The molecule has 0 bridgehead atoms. The topological polar surface area (TPSA) is 106 Å². The third-order valence-corrected chi connectivity index (χ3v) is 8.26. The number of amides is 3. The molecule has 2 saturated heterocycles. The zero-order valence-corrected chi connectivity index (χ0v) is 24.0. The van der Waals surface area contributed by atoms with Crippen LogP contribution in [0, 0.1) is 11.7 Å². The molecule has 0 N–H and O–H groups in total. The Morgan fingerprint density at radius 3 is 2.31 bits per heavy atom. The van der Waals surface area contributed by atoms with Crippen LogP contribution in [-0.4, -0.2) is 93.1 Å². The summed E-state index contributed by atoms with van der Waals surface area (Å²) in [5.41, 5.74) is 2.14. The Labute approximate surface area is 244 Å². The molecule has 0 saturated carbocycles. The van der Waals surface area contributed by atoms with Crippen molar-refractivity contribution in [2.24, 2.45) is 5.92 Å². The first kappa shape index (κ1) is 29.5. The van der Waals surface area contributed by atoms with Crippen molar-refractivity contribution in [3.05, 3.63) is 58.9 Å². The van der Waals surface area contributed by atoms with Gasteiger partial charge in [-0.3, -0.25) is 19.3 Å². The number of fused-ring (bicyclic) bond motifs is 1. The highest BCUT2D eigenvalue weighted by atomic mass is 19.1. The first-order valence-corrected chi connectivity index (χ1v) is 14.4. The van der Waals surface area contributed by atoms with E-state index in [9.17, 15) is 23.6 Å². The molecule has 5 rings (SSSR count). The molecular weight excluding hydrogens is 545 g/mol. The summed E-state index contributed by atoms with van der Waals surface area (Å²) in [4.78, 5) is 57.8. The summed E-state index contributed by atoms with van der Waals surface area (Å²) >= 11 is 0. The number of carbonyl (C=O) groups is 4. The Morgan fingerprint density at radius 1 is 0.976 bits per heavy atom. The Morgan fingerprint density at radius 2 is 1.67 bits per heavy atom. The molecule has 1 unspecified atom stereocenters. The molecule has 3 amide bonds. The van der Waals surface area contributed by atoms with Crippen molar-refractivity contribution >= 4 is 29.4 Å². The van der Waals surface area contributed by atoms with E-state index in [0.29, 0.717) is 56.6 Å². The molecule has 3 aliphatic rings. The molecule has 224 valence electrons. The summed E-state index contributed by atoms with van der Waals surface area (Å²) in [5, 5.41) is 0. The molecule has 3 heterocycles. The standard InChI is InChI=1S/C31H36FN3O7/c1-3-42-31(39)35-19-25(28(36)30(38)34-12-14-41-15-13-34)23-17-24(27(40-2)18-26(23)35)29(37)33-10-8-21(9-11-33)16-20-4-6-22(32)7-5-20/h4-7,17-18,21,25H,3,8-16,19H2,1-2H3. The lowest BCUT2D eigenvalue weighted by Crippen LogP contribution is -2.46. The van der Waals surface area contributed by atoms with E-state index in [1.165, 1.54) is 29.0 Å². The number of ketones is 1. The highest BCUT2D eigenvalue weighted by molar-refractivity contribution is 6.39. The zero-order valence-electron chi connectivity index (χ0n) is 24.0. The lowest BCUT2D eigenvalue weighted by Gasteiger charge is -2.32. The number of rotatable bonds is 7. The second-order valence-corrected chi connectivity index (χ2v) is 10.8. The molecule has 10 nitrogen and oxygen atoms in total. The number of hydrogen-bond donors (Lipinski definition) is 0. The maximum Gasteiger partial charge on any atom is 0.414 e. The number of benzene rings is 2. The quantitative estimate of drug-likeness (QED) is 0.462. The number of methoxy groups -OCH3 is 1. The van der Waals surface area contributed by atoms with Crippen LogP contribution >= 0.6 is 0 Å². The number of ether oxygens (including phenoxy) is 3. The van der Waals surface area contributed by atoms with Crippen molar-refractivity contribution in [1.82, 2.24) is 9.80 Å².